The highest BCUT2D eigenvalue weighted by molar-refractivity contribution is 5.66. The number of hydrogen-bond donors (Lipinski definition) is 2. The molecule has 5 unspecified atom stereocenters. The van der Waals surface area contributed by atoms with E-state index in [9.17, 15) is 4.79 Å². The van der Waals surface area contributed by atoms with Gasteiger partial charge in [0.05, 0.1) is 5.82 Å². The summed E-state index contributed by atoms with van der Waals surface area (Å²) in [4.78, 5) is 11.1. The number of nitrogens with one attached hydrogen (secondary N) is 1. The number of hydrogen-bond acceptors (Lipinski definition) is 4. The van der Waals surface area contributed by atoms with E-state index in [0.29, 0.717) is 29.6 Å². The molecule has 3 N–H and O–H groups in total. The Morgan fingerprint density at radius 3 is 2.59 bits per heavy atom. The Labute approximate surface area is 103 Å². The van der Waals surface area contributed by atoms with Crippen molar-refractivity contribution in [3.05, 3.63) is 12.4 Å². The number of carbonyl (C=O) groups is 1. The van der Waals surface area contributed by atoms with Crippen LogP contribution in [0.3, 0.4) is 0 Å². The van der Waals surface area contributed by atoms with E-state index in [1.165, 1.54) is 13.3 Å². The van der Waals surface area contributed by atoms with E-state index in [2.05, 4.69) is 18.8 Å². The molecule has 0 saturated heterocycles. The van der Waals surface area contributed by atoms with Gasteiger partial charge in [0.1, 0.15) is 6.10 Å². The lowest BCUT2D eigenvalue weighted by Crippen LogP contribution is -2.37. The molecule has 0 spiro atoms. The van der Waals surface area contributed by atoms with Crippen molar-refractivity contribution >= 4 is 5.97 Å². The highest BCUT2D eigenvalue weighted by atomic mass is 16.5. The van der Waals surface area contributed by atoms with E-state index in [1.807, 2.05) is 0 Å². The fourth-order valence-corrected chi connectivity index (χ4v) is 3.58. The van der Waals surface area contributed by atoms with Gasteiger partial charge in [0, 0.05) is 13.0 Å². The first-order valence-electron chi connectivity index (χ1n) is 6.35. The van der Waals surface area contributed by atoms with Crippen LogP contribution in [-0.2, 0) is 9.53 Å². The van der Waals surface area contributed by atoms with Crippen molar-refractivity contribution in [3.8, 4) is 0 Å². The molecule has 2 aliphatic carbocycles. The van der Waals surface area contributed by atoms with Crippen molar-refractivity contribution in [3.63, 3.8) is 0 Å². The molecule has 0 radical (unpaired) electrons. The highest BCUT2D eigenvalue weighted by Crippen LogP contribution is 2.47. The van der Waals surface area contributed by atoms with Gasteiger partial charge in [-0.3, -0.25) is 4.79 Å². The Hall–Kier alpha value is -1.19. The van der Waals surface area contributed by atoms with Gasteiger partial charge in [-0.25, -0.2) is 0 Å². The molecule has 2 aliphatic rings. The Balaban J connectivity index is 2.02. The molecule has 0 amide bonds. The van der Waals surface area contributed by atoms with Crippen LogP contribution < -0.4 is 11.1 Å². The van der Waals surface area contributed by atoms with E-state index < -0.39 is 0 Å². The van der Waals surface area contributed by atoms with Crippen molar-refractivity contribution in [2.45, 2.75) is 45.3 Å². The third kappa shape index (κ3) is 2.56. The second-order valence-corrected chi connectivity index (χ2v) is 5.53. The van der Waals surface area contributed by atoms with Crippen LogP contribution in [0.5, 0.6) is 0 Å². The smallest absolute Gasteiger partial charge is 0.302 e. The van der Waals surface area contributed by atoms with Gasteiger partial charge in [0.15, 0.2) is 0 Å². The highest BCUT2D eigenvalue weighted by Gasteiger charge is 2.47. The molecule has 4 heteroatoms. The van der Waals surface area contributed by atoms with Crippen LogP contribution in [0.25, 0.3) is 0 Å². The van der Waals surface area contributed by atoms with Gasteiger partial charge < -0.3 is 15.8 Å². The second kappa shape index (κ2) is 4.59. The number of carbonyl (C=O) groups excluding carboxylic acids is 1. The minimum atomic E-state index is -0.165. The van der Waals surface area contributed by atoms with Crippen LogP contribution in [0.1, 0.15) is 33.1 Å². The van der Waals surface area contributed by atoms with Crippen molar-refractivity contribution < 1.29 is 9.53 Å². The summed E-state index contributed by atoms with van der Waals surface area (Å²) in [5.74, 6) is 1.94. The van der Waals surface area contributed by atoms with Gasteiger partial charge in [-0.05, 0) is 37.0 Å². The Morgan fingerprint density at radius 2 is 2.00 bits per heavy atom. The summed E-state index contributed by atoms with van der Waals surface area (Å²) in [6.45, 7) is 7.37. The molecule has 2 rings (SSSR count). The maximum Gasteiger partial charge on any atom is 0.302 e. The third-order valence-corrected chi connectivity index (χ3v) is 4.20. The molecular formula is C13H22N2O2. The second-order valence-electron chi connectivity index (χ2n) is 5.53. The van der Waals surface area contributed by atoms with Gasteiger partial charge >= 0.3 is 5.97 Å². The summed E-state index contributed by atoms with van der Waals surface area (Å²) in [5.41, 5.74) is 5.59. The monoisotopic (exact) mass is 238 g/mol. The van der Waals surface area contributed by atoms with Gasteiger partial charge in [-0.15, -0.1) is 0 Å². The third-order valence-electron chi connectivity index (χ3n) is 4.20. The minimum Gasteiger partial charge on any atom is -0.462 e. The lowest BCUT2D eigenvalue weighted by Gasteiger charge is -2.29. The molecule has 5 atom stereocenters. The zero-order valence-electron chi connectivity index (χ0n) is 10.6. The van der Waals surface area contributed by atoms with Crippen LogP contribution in [0, 0.1) is 17.8 Å². The maximum atomic E-state index is 11.1. The Morgan fingerprint density at radius 1 is 1.35 bits per heavy atom. The van der Waals surface area contributed by atoms with E-state index in [0.717, 1.165) is 12.8 Å². The fraction of sp³-hybridized carbons (Fsp3) is 0.769. The summed E-state index contributed by atoms with van der Waals surface area (Å²) >= 11 is 0. The molecule has 4 nitrogen and oxygen atoms in total. The molecule has 0 aromatic carbocycles. The van der Waals surface area contributed by atoms with Crippen LogP contribution in [-0.4, -0.2) is 18.1 Å². The Bertz CT molecular complexity index is 329. The standard InChI is InChI=1S/C13H22N2O2/c1-7-10-4-11(13(7)17-9(3)16)6-12(5-10)15-8(2)14/h7,10-13,15H,2,4-6,14H2,1,3H3. The Kier molecular flexibility index (Phi) is 3.31. The molecule has 2 bridgehead atoms. The quantitative estimate of drug-likeness (QED) is 0.729. The molecule has 2 saturated carbocycles. The normalized spacial score (nSPS) is 39.8. The molecule has 0 heterocycles. The predicted molar refractivity (Wildman–Crippen MR) is 65.8 cm³/mol. The van der Waals surface area contributed by atoms with Crippen LogP contribution in [0.4, 0.5) is 0 Å². The SMILES string of the molecule is C=C(N)NC1CC2CC(C1)C(OC(C)=O)C2C. The molecule has 96 valence electrons. The molecule has 2 fully saturated rings. The minimum absolute atomic E-state index is 0.0929. The summed E-state index contributed by atoms with van der Waals surface area (Å²) < 4.78 is 5.47. The van der Waals surface area contributed by atoms with Gasteiger partial charge in [-0.1, -0.05) is 13.5 Å². The number of esters is 1. The van der Waals surface area contributed by atoms with Crippen molar-refractivity contribution in [2.24, 2.45) is 23.5 Å². The average Bonchev–Trinajstić information content (AvgIpc) is 2.41. The summed E-state index contributed by atoms with van der Waals surface area (Å²) in [5, 5.41) is 3.22. The number of ether oxygens (including phenoxy) is 1. The predicted octanol–water partition coefficient (Wildman–Crippen LogP) is 1.37. The fourth-order valence-electron chi connectivity index (χ4n) is 3.58. The summed E-state index contributed by atoms with van der Waals surface area (Å²) in [6.07, 6.45) is 3.39. The van der Waals surface area contributed by atoms with E-state index in [1.54, 1.807) is 0 Å². The first-order valence-corrected chi connectivity index (χ1v) is 6.35. The van der Waals surface area contributed by atoms with Crippen molar-refractivity contribution in [1.82, 2.24) is 5.32 Å². The summed E-state index contributed by atoms with van der Waals surface area (Å²) in [7, 11) is 0. The topological polar surface area (TPSA) is 64.3 Å². The molecule has 17 heavy (non-hydrogen) atoms. The zero-order valence-corrected chi connectivity index (χ0v) is 10.6. The van der Waals surface area contributed by atoms with Crippen molar-refractivity contribution in [1.29, 1.82) is 0 Å². The zero-order chi connectivity index (χ0) is 12.6. The summed E-state index contributed by atoms with van der Waals surface area (Å²) in [6, 6.07) is 0.388. The van der Waals surface area contributed by atoms with Gasteiger partial charge in [-0.2, -0.15) is 0 Å². The lowest BCUT2D eigenvalue weighted by atomic mass is 9.84. The van der Waals surface area contributed by atoms with E-state index in [4.69, 9.17) is 10.5 Å². The van der Waals surface area contributed by atoms with Crippen LogP contribution in [0.2, 0.25) is 0 Å². The number of nitrogens with two attached hydrogens (primary N) is 1. The number of fused-ring (bicyclic) bond motifs is 2. The van der Waals surface area contributed by atoms with Gasteiger partial charge in [0.25, 0.3) is 0 Å². The lowest BCUT2D eigenvalue weighted by molar-refractivity contribution is -0.150. The van der Waals surface area contributed by atoms with Crippen LogP contribution >= 0.6 is 0 Å². The first kappa shape index (κ1) is 12.3. The molecule has 0 aromatic rings. The molecular weight excluding hydrogens is 216 g/mol. The first-order chi connectivity index (χ1) is 7.97. The number of rotatable bonds is 3. The average molecular weight is 238 g/mol. The maximum absolute atomic E-state index is 11.1. The van der Waals surface area contributed by atoms with Gasteiger partial charge in [0.2, 0.25) is 0 Å². The van der Waals surface area contributed by atoms with E-state index in [-0.39, 0.29) is 12.1 Å². The van der Waals surface area contributed by atoms with Crippen LogP contribution in [0.15, 0.2) is 12.4 Å². The molecule has 0 aromatic heterocycles. The molecule has 0 aliphatic heterocycles. The van der Waals surface area contributed by atoms with Crippen molar-refractivity contribution in [2.75, 3.05) is 0 Å². The van der Waals surface area contributed by atoms with E-state index >= 15 is 0 Å². The largest absolute Gasteiger partial charge is 0.462 e.